The molecule has 2 heteroatoms. The minimum atomic E-state index is 0.133. The van der Waals surface area contributed by atoms with Crippen LogP contribution in [0.5, 0.6) is 0 Å². The molecule has 2 aromatic carbocycles. The summed E-state index contributed by atoms with van der Waals surface area (Å²) >= 11 is 6.33. The molecule has 0 atom stereocenters. The Morgan fingerprint density at radius 2 is 1.71 bits per heavy atom. The molecule has 0 saturated heterocycles. The normalized spacial score (nSPS) is 12.3. The summed E-state index contributed by atoms with van der Waals surface area (Å²) in [6.45, 7) is 11.2. The lowest BCUT2D eigenvalue weighted by atomic mass is 9.79. The quantitative estimate of drug-likeness (QED) is 0.704. The highest BCUT2D eigenvalue weighted by molar-refractivity contribution is 6.35. The van der Waals surface area contributed by atoms with Gasteiger partial charge in [0.15, 0.2) is 0 Å². The average molecular weight is 304 g/mol. The Hall–Kier alpha value is -1.05. The van der Waals surface area contributed by atoms with Crippen LogP contribution in [0.3, 0.4) is 0 Å². The van der Waals surface area contributed by atoms with Gasteiger partial charge in [-0.15, -0.1) is 0 Å². The van der Waals surface area contributed by atoms with E-state index in [0.29, 0.717) is 5.92 Å². The first-order valence-electron chi connectivity index (χ1n) is 7.80. The van der Waals surface area contributed by atoms with Crippen LogP contribution >= 0.6 is 11.6 Å². The molecule has 0 unspecified atom stereocenters. The average Bonchev–Trinajstić information content (AvgIpc) is 2.44. The Balaban J connectivity index is 2.22. The van der Waals surface area contributed by atoms with Crippen LogP contribution in [0.4, 0.5) is 0 Å². The van der Waals surface area contributed by atoms with Crippen molar-refractivity contribution in [3.05, 3.63) is 47.0 Å². The smallest absolute Gasteiger partial charge is 0.0484 e. The fraction of sp³-hybridized carbons (Fsp3) is 0.474. The standard InChI is InChI=1S/C19H26ClN/c1-14(2)13-21-12-11-19(3,4)17-9-10-18(20)16-8-6-5-7-15(16)17/h5-10,14,21H,11-13H2,1-4H3. The molecule has 0 aliphatic rings. The zero-order valence-corrected chi connectivity index (χ0v) is 14.3. The van der Waals surface area contributed by atoms with Gasteiger partial charge in [-0.2, -0.15) is 0 Å². The Kier molecular flexibility index (Phi) is 5.29. The lowest BCUT2D eigenvalue weighted by molar-refractivity contribution is 0.444. The van der Waals surface area contributed by atoms with Gasteiger partial charge in [-0.25, -0.2) is 0 Å². The predicted molar refractivity (Wildman–Crippen MR) is 94.3 cm³/mol. The van der Waals surface area contributed by atoms with Crippen molar-refractivity contribution >= 4 is 22.4 Å². The van der Waals surface area contributed by atoms with Crippen LogP contribution in [-0.2, 0) is 5.41 Å². The monoisotopic (exact) mass is 303 g/mol. The van der Waals surface area contributed by atoms with Gasteiger partial charge >= 0.3 is 0 Å². The van der Waals surface area contributed by atoms with Gasteiger partial charge in [0.2, 0.25) is 0 Å². The second-order valence-electron chi connectivity index (χ2n) is 6.87. The van der Waals surface area contributed by atoms with E-state index in [-0.39, 0.29) is 5.41 Å². The van der Waals surface area contributed by atoms with E-state index in [1.165, 1.54) is 10.9 Å². The van der Waals surface area contributed by atoms with Gasteiger partial charge in [-0.1, -0.05) is 69.6 Å². The van der Waals surface area contributed by atoms with Crippen molar-refractivity contribution in [2.75, 3.05) is 13.1 Å². The lowest BCUT2D eigenvalue weighted by Gasteiger charge is -2.27. The van der Waals surface area contributed by atoms with Crippen molar-refractivity contribution < 1.29 is 0 Å². The lowest BCUT2D eigenvalue weighted by Crippen LogP contribution is -2.27. The van der Waals surface area contributed by atoms with Crippen LogP contribution in [0.1, 0.15) is 39.7 Å². The minimum absolute atomic E-state index is 0.133. The van der Waals surface area contributed by atoms with Crippen molar-refractivity contribution in [1.82, 2.24) is 5.32 Å². The second kappa shape index (κ2) is 6.81. The number of rotatable bonds is 6. The molecular formula is C19H26ClN. The predicted octanol–water partition coefficient (Wildman–Crippen LogP) is 5.41. The molecule has 0 saturated carbocycles. The Morgan fingerprint density at radius 3 is 2.38 bits per heavy atom. The van der Waals surface area contributed by atoms with Gasteiger partial charge in [0.1, 0.15) is 0 Å². The number of halogens is 1. The summed E-state index contributed by atoms with van der Waals surface area (Å²) in [6, 6.07) is 12.6. The molecule has 1 N–H and O–H groups in total. The first-order valence-corrected chi connectivity index (χ1v) is 8.18. The third-order valence-electron chi connectivity index (χ3n) is 4.08. The molecule has 0 bridgehead atoms. The maximum Gasteiger partial charge on any atom is 0.0484 e. The molecule has 2 aromatic rings. The summed E-state index contributed by atoms with van der Waals surface area (Å²) in [5, 5.41) is 6.81. The van der Waals surface area contributed by atoms with E-state index in [2.05, 4.69) is 63.3 Å². The van der Waals surface area contributed by atoms with Gasteiger partial charge in [-0.3, -0.25) is 0 Å². The molecule has 21 heavy (non-hydrogen) atoms. The van der Waals surface area contributed by atoms with Crippen LogP contribution in [0.25, 0.3) is 10.8 Å². The third kappa shape index (κ3) is 3.99. The van der Waals surface area contributed by atoms with E-state index in [4.69, 9.17) is 11.6 Å². The first kappa shape index (κ1) is 16.3. The summed E-state index contributed by atoms with van der Waals surface area (Å²) in [5.41, 5.74) is 1.52. The number of hydrogen-bond acceptors (Lipinski definition) is 1. The van der Waals surface area contributed by atoms with E-state index < -0.39 is 0 Å². The highest BCUT2D eigenvalue weighted by atomic mass is 35.5. The van der Waals surface area contributed by atoms with Gasteiger partial charge in [0.25, 0.3) is 0 Å². The van der Waals surface area contributed by atoms with Crippen LogP contribution in [0.2, 0.25) is 5.02 Å². The van der Waals surface area contributed by atoms with Crippen molar-refractivity contribution in [2.24, 2.45) is 5.92 Å². The SMILES string of the molecule is CC(C)CNCCC(C)(C)c1ccc(Cl)c2ccccc12. The summed E-state index contributed by atoms with van der Waals surface area (Å²) in [7, 11) is 0. The van der Waals surface area contributed by atoms with E-state index >= 15 is 0 Å². The highest BCUT2D eigenvalue weighted by Gasteiger charge is 2.22. The summed E-state index contributed by atoms with van der Waals surface area (Å²) < 4.78 is 0. The molecule has 0 heterocycles. The van der Waals surface area contributed by atoms with Gasteiger partial charge in [0.05, 0.1) is 0 Å². The molecule has 0 radical (unpaired) electrons. The molecule has 0 aliphatic heterocycles. The number of fused-ring (bicyclic) bond motifs is 1. The molecular weight excluding hydrogens is 278 g/mol. The topological polar surface area (TPSA) is 12.0 Å². The number of benzene rings is 2. The Labute approximate surface area is 133 Å². The zero-order chi connectivity index (χ0) is 15.5. The molecule has 2 rings (SSSR count). The summed E-state index contributed by atoms with van der Waals surface area (Å²) in [5.74, 6) is 0.699. The van der Waals surface area contributed by atoms with E-state index in [0.717, 1.165) is 29.9 Å². The van der Waals surface area contributed by atoms with Crippen molar-refractivity contribution in [1.29, 1.82) is 0 Å². The largest absolute Gasteiger partial charge is 0.316 e. The van der Waals surface area contributed by atoms with Crippen LogP contribution in [-0.4, -0.2) is 13.1 Å². The minimum Gasteiger partial charge on any atom is -0.316 e. The zero-order valence-electron chi connectivity index (χ0n) is 13.5. The fourth-order valence-corrected chi connectivity index (χ4v) is 3.01. The van der Waals surface area contributed by atoms with E-state index in [9.17, 15) is 0 Å². The molecule has 0 aromatic heterocycles. The maximum absolute atomic E-state index is 6.33. The van der Waals surface area contributed by atoms with E-state index in [1.807, 2.05) is 6.07 Å². The summed E-state index contributed by atoms with van der Waals surface area (Å²) in [6.07, 6.45) is 1.12. The van der Waals surface area contributed by atoms with Gasteiger partial charge < -0.3 is 5.32 Å². The van der Waals surface area contributed by atoms with Crippen LogP contribution in [0.15, 0.2) is 36.4 Å². The Morgan fingerprint density at radius 1 is 1.05 bits per heavy atom. The van der Waals surface area contributed by atoms with Gasteiger partial charge in [-0.05, 0) is 47.9 Å². The van der Waals surface area contributed by atoms with Crippen LogP contribution in [0, 0.1) is 5.92 Å². The molecule has 0 amide bonds. The van der Waals surface area contributed by atoms with Crippen LogP contribution < -0.4 is 5.32 Å². The van der Waals surface area contributed by atoms with Gasteiger partial charge in [0, 0.05) is 10.4 Å². The van der Waals surface area contributed by atoms with E-state index in [1.54, 1.807) is 0 Å². The van der Waals surface area contributed by atoms with Crippen molar-refractivity contribution in [2.45, 2.75) is 39.5 Å². The number of hydrogen-bond donors (Lipinski definition) is 1. The second-order valence-corrected chi connectivity index (χ2v) is 7.28. The Bertz CT molecular complexity index is 602. The maximum atomic E-state index is 6.33. The van der Waals surface area contributed by atoms with Crippen molar-refractivity contribution in [3.8, 4) is 0 Å². The molecule has 0 spiro atoms. The fourth-order valence-electron chi connectivity index (χ4n) is 2.78. The first-order chi connectivity index (χ1) is 9.92. The molecule has 1 nitrogen and oxygen atoms in total. The molecule has 0 aliphatic carbocycles. The third-order valence-corrected chi connectivity index (χ3v) is 4.41. The molecule has 114 valence electrons. The highest BCUT2D eigenvalue weighted by Crippen LogP contribution is 2.35. The number of nitrogens with one attached hydrogen (secondary N) is 1. The van der Waals surface area contributed by atoms with Crippen molar-refractivity contribution in [3.63, 3.8) is 0 Å². The summed E-state index contributed by atoms with van der Waals surface area (Å²) in [4.78, 5) is 0. The molecule has 0 fully saturated rings.